The Kier molecular flexibility index (Phi) is 4.12. The van der Waals surface area contributed by atoms with Crippen molar-refractivity contribution < 1.29 is 22.9 Å². The molecule has 9 heteroatoms. The fourth-order valence-corrected chi connectivity index (χ4v) is 1.57. The molecule has 0 heterocycles. The largest absolute Gasteiger partial charge is 0.480 e. The second-order valence-electron chi connectivity index (χ2n) is 2.87. The number of hydrogen-bond donors (Lipinski definition) is 3. The summed E-state index contributed by atoms with van der Waals surface area (Å²) in [7, 11) is -4.38. The molecule has 0 bridgehead atoms. The van der Waals surface area contributed by atoms with Gasteiger partial charge in [-0.2, -0.15) is 8.42 Å². The van der Waals surface area contributed by atoms with E-state index in [1.807, 2.05) is 0 Å². The van der Waals surface area contributed by atoms with Crippen LogP contribution in [0.1, 0.15) is 0 Å². The first-order chi connectivity index (χ1) is 7.91. The van der Waals surface area contributed by atoms with Gasteiger partial charge in [-0.25, -0.2) is 0 Å². The highest BCUT2D eigenvalue weighted by Crippen LogP contribution is 2.23. The molecule has 17 heavy (non-hydrogen) atoms. The predicted molar refractivity (Wildman–Crippen MR) is 56.4 cm³/mol. The zero-order chi connectivity index (χ0) is 12.9. The summed E-state index contributed by atoms with van der Waals surface area (Å²) in [5.74, 6) is -1.13. The summed E-state index contributed by atoms with van der Waals surface area (Å²) in [6.45, 7) is -0.447. The molecule has 0 fully saturated rings. The van der Waals surface area contributed by atoms with Gasteiger partial charge in [-0.3, -0.25) is 14.8 Å². The molecule has 0 aliphatic rings. The van der Waals surface area contributed by atoms with Crippen LogP contribution in [-0.4, -0.2) is 30.6 Å². The molecule has 0 saturated heterocycles. The van der Waals surface area contributed by atoms with Crippen LogP contribution in [0.5, 0.6) is 0 Å². The second-order valence-corrected chi connectivity index (χ2v) is 4.26. The van der Waals surface area contributed by atoms with E-state index in [1.165, 1.54) is 18.2 Å². The van der Waals surface area contributed by atoms with Crippen LogP contribution in [0.25, 0.3) is 0 Å². The predicted octanol–water partition coefficient (Wildman–Crippen LogP) is 0.606. The van der Waals surface area contributed by atoms with Crippen LogP contribution >= 0.6 is 0 Å². The second kappa shape index (κ2) is 5.37. The van der Waals surface area contributed by atoms with Crippen LogP contribution in [-0.2, 0) is 14.9 Å². The standard InChI is InChI=1S/C8H9N3O5S/c12-8(13)5-9-11-10-6-3-1-2-4-7(6)17(14,15)16/h1-4H,5H2,(H,9,10)(H,12,13)(H,14,15,16). The molecule has 92 valence electrons. The van der Waals surface area contributed by atoms with Crippen molar-refractivity contribution in [2.45, 2.75) is 4.90 Å². The third kappa shape index (κ3) is 4.17. The first-order valence-electron chi connectivity index (χ1n) is 4.33. The minimum atomic E-state index is -4.38. The van der Waals surface area contributed by atoms with E-state index in [0.717, 1.165) is 6.07 Å². The molecule has 0 aliphatic carbocycles. The molecule has 0 aromatic heterocycles. The minimum Gasteiger partial charge on any atom is -0.480 e. The molecule has 3 N–H and O–H groups in total. The summed E-state index contributed by atoms with van der Waals surface area (Å²) < 4.78 is 30.7. The van der Waals surface area contributed by atoms with Gasteiger partial charge < -0.3 is 5.11 Å². The van der Waals surface area contributed by atoms with Crippen LogP contribution in [0.4, 0.5) is 5.69 Å². The van der Waals surface area contributed by atoms with Crippen LogP contribution < -0.4 is 5.43 Å². The maximum atomic E-state index is 10.9. The zero-order valence-corrected chi connectivity index (χ0v) is 9.25. The number of aliphatic carboxylic acids is 1. The lowest BCUT2D eigenvalue weighted by Gasteiger charge is -2.00. The zero-order valence-electron chi connectivity index (χ0n) is 8.44. The van der Waals surface area contributed by atoms with E-state index in [2.05, 4.69) is 15.8 Å². The van der Waals surface area contributed by atoms with E-state index >= 15 is 0 Å². The first-order valence-corrected chi connectivity index (χ1v) is 5.77. The van der Waals surface area contributed by atoms with Crippen molar-refractivity contribution in [3.05, 3.63) is 24.3 Å². The highest BCUT2D eigenvalue weighted by molar-refractivity contribution is 7.86. The fourth-order valence-electron chi connectivity index (χ4n) is 0.950. The van der Waals surface area contributed by atoms with Gasteiger partial charge in [0.15, 0.2) is 0 Å². The lowest BCUT2D eigenvalue weighted by molar-refractivity contribution is -0.135. The van der Waals surface area contributed by atoms with Gasteiger partial charge in [0.25, 0.3) is 10.1 Å². The summed E-state index contributed by atoms with van der Waals surface area (Å²) >= 11 is 0. The van der Waals surface area contributed by atoms with Gasteiger partial charge in [0.05, 0.1) is 0 Å². The van der Waals surface area contributed by atoms with E-state index in [4.69, 9.17) is 9.66 Å². The SMILES string of the molecule is O=C(O)CNN=Nc1ccccc1S(=O)(=O)O. The Hall–Kier alpha value is -2.00. The topological polar surface area (TPSA) is 128 Å². The monoisotopic (exact) mass is 259 g/mol. The van der Waals surface area contributed by atoms with Crippen LogP contribution in [0, 0.1) is 0 Å². The summed E-state index contributed by atoms with van der Waals surface area (Å²) in [5.41, 5.74) is 2.00. The van der Waals surface area contributed by atoms with Crippen molar-refractivity contribution in [1.82, 2.24) is 5.43 Å². The smallest absolute Gasteiger partial charge is 0.324 e. The summed E-state index contributed by atoms with van der Waals surface area (Å²) in [5, 5.41) is 15.0. The number of hydrogen-bond acceptors (Lipinski definition) is 5. The van der Waals surface area contributed by atoms with E-state index in [-0.39, 0.29) is 5.69 Å². The molecule has 0 spiro atoms. The molecule has 0 atom stereocenters. The number of carboxylic acid groups (broad SMARTS) is 1. The molecule has 0 saturated carbocycles. The van der Waals surface area contributed by atoms with Gasteiger partial charge in [0.2, 0.25) is 0 Å². The van der Waals surface area contributed by atoms with Crippen LogP contribution in [0.15, 0.2) is 39.5 Å². The molecule has 0 amide bonds. The van der Waals surface area contributed by atoms with Crippen LogP contribution in [0.2, 0.25) is 0 Å². The molecular weight excluding hydrogens is 250 g/mol. The van der Waals surface area contributed by atoms with Gasteiger partial charge in [-0.1, -0.05) is 17.4 Å². The van der Waals surface area contributed by atoms with Gasteiger partial charge in [-0.05, 0) is 12.1 Å². The maximum absolute atomic E-state index is 10.9. The van der Waals surface area contributed by atoms with E-state index in [0.29, 0.717) is 0 Å². The number of carboxylic acids is 1. The van der Waals surface area contributed by atoms with Gasteiger partial charge >= 0.3 is 5.97 Å². The maximum Gasteiger partial charge on any atom is 0.324 e. The molecular formula is C8H9N3O5S. The highest BCUT2D eigenvalue weighted by Gasteiger charge is 2.14. The van der Waals surface area contributed by atoms with Crippen molar-refractivity contribution >= 4 is 21.8 Å². The van der Waals surface area contributed by atoms with Gasteiger partial charge in [0.1, 0.15) is 17.1 Å². The fraction of sp³-hybridized carbons (Fsp3) is 0.125. The Morgan fingerprint density at radius 1 is 1.35 bits per heavy atom. The minimum absolute atomic E-state index is 0.0899. The molecule has 1 aromatic rings. The lowest BCUT2D eigenvalue weighted by Crippen LogP contribution is -2.16. The third-order valence-corrected chi connectivity index (χ3v) is 2.50. The first kappa shape index (κ1) is 13.1. The number of rotatable bonds is 5. The van der Waals surface area contributed by atoms with E-state index in [1.54, 1.807) is 0 Å². The molecule has 8 nitrogen and oxygen atoms in total. The average molecular weight is 259 g/mol. The number of benzene rings is 1. The lowest BCUT2D eigenvalue weighted by atomic mass is 10.3. The number of nitrogens with one attached hydrogen (secondary N) is 1. The summed E-state index contributed by atoms with van der Waals surface area (Å²) in [6, 6.07) is 5.38. The van der Waals surface area contributed by atoms with Crippen molar-refractivity contribution in [2.75, 3.05) is 6.54 Å². The summed E-state index contributed by atoms with van der Waals surface area (Å²) in [6.07, 6.45) is 0. The average Bonchev–Trinajstić information content (AvgIpc) is 2.23. The Bertz CT molecular complexity index is 540. The van der Waals surface area contributed by atoms with E-state index in [9.17, 15) is 13.2 Å². The van der Waals surface area contributed by atoms with Crippen molar-refractivity contribution in [3.63, 3.8) is 0 Å². The Morgan fingerprint density at radius 3 is 2.59 bits per heavy atom. The van der Waals surface area contributed by atoms with Crippen molar-refractivity contribution in [1.29, 1.82) is 0 Å². The Balaban J connectivity index is 2.88. The van der Waals surface area contributed by atoms with Crippen LogP contribution in [0.3, 0.4) is 0 Å². The van der Waals surface area contributed by atoms with Gasteiger partial charge in [0, 0.05) is 0 Å². The quantitative estimate of drug-likeness (QED) is 0.403. The van der Waals surface area contributed by atoms with Gasteiger partial charge in [-0.15, -0.1) is 5.11 Å². The third-order valence-electron chi connectivity index (χ3n) is 1.60. The molecule has 0 radical (unpaired) electrons. The Morgan fingerprint density at radius 2 is 2.00 bits per heavy atom. The normalized spacial score (nSPS) is 11.6. The van der Waals surface area contributed by atoms with E-state index < -0.39 is 27.5 Å². The molecule has 0 aliphatic heterocycles. The molecule has 0 unspecified atom stereocenters. The highest BCUT2D eigenvalue weighted by atomic mass is 32.2. The van der Waals surface area contributed by atoms with Crippen molar-refractivity contribution in [3.8, 4) is 0 Å². The molecule has 1 rings (SSSR count). The summed E-state index contributed by atoms with van der Waals surface area (Å²) in [4.78, 5) is 9.73. The van der Waals surface area contributed by atoms with Crippen molar-refractivity contribution in [2.24, 2.45) is 10.3 Å². The Labute approximate surface area is 96.7 Å². The molecule has 1 aromatic carbocycles. The number of carbonyl (C=O) groups is 1. The number of nitrogens with zero attached hydrogens (tertiary/aromatic N) is 2.